The number of aromatic nitrogens is 2. The van der Waals surface area contributed by atoms with Crippen LogP contribution in [0.1, 0.15) is 88.8 Å². The molecule has 2 saturated heterocycles. The van der Waals surface area contributed by atoms with Gasteiger partial charge in [0.2, 0.25) is 0 Å². The van der Waals surface area contributed by atoms with Crippen LogP contribution in [0, 0.1) is 0 Å². The number of alkyl halides is 4. The van der Waals surface area contributed by atoms with Crippen LogP contribution in [0.15, 0.2) is 36.5 Å². The first-order chi connectivity index (χ1) is 24.5. The van der Waals surface area contributed by atoms with Crippen molar-refractivity contribution in [2.75, 3.05) is 33.4 Å². The van der Waals surface area contributed by atoms with Crippen LogP contribution in [0.2, 0.25) is 0 Å². The monoisotopic (exact) mass is 734 g/mol. The molecule has 0 spiro atoms. The van der Waals surface area contributed by atoms with E-state index in [1.54, 1.807) is 12.0 Å². The van der Waals surface area contributed by atoms with Crippen LogP contribution in [0.5, 0.6) is 11.5 Å². The summed E-state index contributed by atoms with van der Waals surface area (Å²) >= 11 is 0. The largest absolute Gasteiger partial charge is 0.496 e. The molecule has 15 heteroatoms. The van der Waals surface area contributed by atoms with Gasteiger partial charge in [0.25, 0.3) is 0 Å². The van der Waals surface area contributed by atoms with E-state index < -0.39 is 23.4 Å². The molecule has 3 aliphatic heterocycles. The molecule has 4 heterocycles. The van der Waals surface area contributed by atoms with Crippen LogP contribution in [-0.2, 0) is 20.7 Å². The van der Waals surface area contributed by atoms with Gasteiger partial charge in [0.15, 0.2) is 6.23 Å². The summed E-state index contributed by atoms with van der Waals surface area (Å²) in [6, 6.07) is 10.2. The van der Waals surface area contributed by atoms with Gasteiger partial charge in [-0.05, 0) is 95.5 Å². The van der Waals surface area contributed by atoms with E-state index in [9.17, 15) is 18.0 Å². The van der Waals surface area contributed by atoms with Gasteiger partial charge in [0, 0.05) is 36.2 Å². The molecule has 284 valence electrons. The van der Waals surface area contributed by atoms with E-state index in [0.29, 0.717) is 44.0 Å². The maximum absolute atomic E-state index is 15.4. The van der Waals surface area contributed by atoms with Gasteiger partial charge in [-0.1, -0.05) is 6.07 Å². The fraction of sp³-hybridized carbons (Fsp3) is 0.595. The summed E-state index contributed by atoms with van der Waals surface area (Å²) in [5.41, 5.74) is 2.80. The van der Waals surface area contributed by atoms with Crippen LogP contribution in [0.25, 0.3) is 10.9 Å². The van der Waals surface area contributed by atoms with Crippen molar-refractivity contribution in [3.63, 3.8) is 0 Å². The molecule has 52 heavy (non-hydrogen) atoms. The molecule has 3 fully saturated rings. The number of carboxylic acids is 1. The van der Waals surface area contributed by atoms with Crippen molar-refractivity contribution in [2.24, 2.45) is 0 Å². The molecule has 1 aromatic heterocycles. The van der Waals surface area contributed by atoms with Crippen molar-refractivity contribution in [2.45, 2.75) is 108 Å². The number of benzene rings is 2. The van der Waals surface area contributed by atoms with Gasteiger partial charge in [-0.15, -0.1) is 0 Å². The molecule has 0 radical (unpaired) electrons. The lowest BCUT2D eigenvalue weighted by Gasteiger charge is -2.43. The first-order valence-electron chi connectivity index (χ1n) is 17.6. The van der Waals surface area contributed by atoms with Crippen molar-refractivity contribution in [1.29, 1.82) is 0 Å². The zero-order valence-corrected chi connectivity index (χ0v) is 30.0. The first-order valence-corrected chi connectivity index (χ1v) is 17.6. The van der Waals surface area contributed by atoms with Crippen LogP contribution >= 0.6 is 0 Å². The van der Waals surface area contributed by atoms with Crippen molar-refractivity contribution in [3.8, 4) is 11.5 Å². The highest BCUT2D eigenvalue weighted by Crippen LogP contribution is 2.49. The minimum atomic E-state index is -5.08. The van der Waals surface area contributed by atoms with Crippen LogP contribution < -0.4 is 9.47 Å². The molecule has 1 amide bonds. The van der Waals surface area contributed by atoms with Crippen LogP contribution in [0.4, 0.5) is 22.4 Å². The predicted octanol–water partition coefficient (Wildman–Crippen LogP) is 7.21. The Bertz CT molecular complexity index is 1780. The summed E-state index contributed by atoms with van der Waals surface area (Å²) in [5, 5.41) is 13.1. The SMILES string of the molecule is COc1cc(OC2CN(C(=O)OC(C)(C)C)C2)ccc1[C@@H]1c2ccc3c(cnn3C3CCCCO3)c2C[C@@H](C)N1CC1(F)CC1.O=C(O)C(F)(F)F. The normalized spacial score (nSPS) is 23.2. The van der Waals surface area contributed by atoms with Gasteiger partial charge < -0.3 is 29.0 Å². The highest BCUT2D eigenvalue weighted by atomic mass is 19.4. The van der Waals surface area contributed by atoms with Gasteiger partial charge in [-0.2, -0.15) is 18.3 Å². The molecule has 1 saturated carbocycles. The number of ether oxygens (including phenoxy) is 4. The van der Waals surface area contributed by atoms with Gasteiger partial charge in [0.1, 0.15) is 28.9 Å². The van der Waals surface area contributed by atoms with E-state index in [1.165, 1.54) is 5.56 Å². The van der Waals surface area contributed by atoms with Crippen molar-refractivity contribution in [3.05, 3.63) is 53.2 Å². The van der Waals surface area contributed by atoms with E-state index in [4.69, 9.17) is 33.9 Å². The average Bonchev–Trinajstić information content (AvgIpc) is 3.62. The zero-order valence-electron chi connectivity index (χ0n) is 30.0. The second-order valence-electron chi connectivity index (χ2n) is 15.1. The Balaban J connectivity index is 0.000000604. The predicted molar refractivity (Wildman–Crippen MR) is 182 cm³/mol. The fourth-order valence-corrected chi connectivity index (χ4v) is 7.06. The third-order valence-electron chi connectivity index (χ3n) is 9.85. The standard InChI is InChI=1S/C35H45FN4O5.C2HF3O2/c1-22-16-27-25(11-12-29-28(27)18-37-40(29)31-8-6-7-15-43-31)32(39(22)21-35(36)13-14-35)26-10-9-23(17-30(26)42-5)44-24-19-38(20-24)33(41)45-34(2,3)4;3-2(4,5)1(6)7/h9-12,17-18,22,24,31-32H,6-8,13-16,19-21H2,1-5H3;(H,6,7)/t22-,31?,32+;/m1./s1. The van der Waals surface area contributed by atoms with Gasteiger partial charge >= 0.3 is 18.2 Å². The quantitative estimate of drug-likeness (QED) is 0.252. The number of hydrogen-bond donors (Lipinski definition) is 1. The molecule has 11 nitrogen and oxygen atoms in total. The number of fused-ring (bicyclic) bond motifs is 3. The summed E-state index contributed by atoms with van der Waals surface area (Å²) in [6.45, 7) is 9.86. The lowest BCUT2D eigenvalue weighted by atomic mass is 9.83. The van der Waals surface area contributed by atoms with E-state index in [1.807, 2.05) is 43.8 Å². The zero-order chi connectivity index (χ0) is 37.6. The number of amides is 1. The van der Waals surface area contributed by atoms with Gasteiger partial charge in [-0.25, -0.2) is 18.7 Å². The number of carbonyl (C=O) groups excluding carboxylic acids is 1. The number of carbonyl (C=O) groups is 2. The molecule has 0 bridgehead atoms. The highest BCUT2D eigenvalue weighted by molar-refractivity contribution is 5.84. The maximum atomic E-state index is 15.4. The Morgan fingerprint density at radius 2 is 1.77 bits per heavy atom. The van der Waals surface area contributed by atoms with Crippen molar-refractivity contribution < 1.29 is 51.2 Å². The molecule has 4 aliphatic rings. The van der Waals surface area contributed by atoms with Gasteiger partial charge in [-0.3, -0.25) is 4.90 Å². The fourth-order valence-electron chi connectivity index (χ4n) is 7.06. The molecule has 1 aliphatic carbocycles. The summed E-state index contributed by atoms with van der Waals surface area (Å²) in [6.07, 6.45) is 1.63. The Morgan fingerprint density at radius 1 is 1.08 bits per heavy atom. The van der Waals surface area contributed by atoms with Crippen LogP contribution in [0.3, 0.4) is 0 Å². The molecule has 3 atom stereocenters. The summed E-state index contributed by atoms with van der Waals surface area (Å²) in [7, 11) is 1.67. The summed E-state index contributed by atoms with van der Waals surface area (Å²) in [4.78, 5) is 25.2. The number of likely N-dealkylation sites (tertiary alicyclic amines) is 1. The number of nitrogens with zero attached hydrogens (tertiary/aromatic N) is 4. The Kier molecular flexibility index (Phi) is 10.4. The minimum absolute atomic E-state index is 0.0385. The second kappa shape index (κ2) is 14.4. The Labute approximate surface area is 299 Å². The van der Waals surface area contributed by atoms with Gasteiger partial charge in [0.05, 0.1) is 38.0 Å². The molecular weight excluding hydrogens is 688 g/mol. The summed E-state index contributed by atoms with van der Waals surface area (Å²) in [5.74, 6) is -1.39. The number of methoxy groups -OCH3 is 1. The Hall–Kier alpha value is -4.11. The van der Waals surface area contributed by atoms with E-state index in [0.717, 1.165) is 54.3 Å². The number of carboxylic acid groups (broad SMARTS) is 1. The molecule has 1 N–H and O–H groups in total. The molecule has 2 aromatic carbocycles. The number of rotatable bonds is 7. The van der Waals surface area contributed by atoms with E-state index in [-0.39, 0.29) is 30.5 Å². The van der Waals surface area contributed by atoms with Crippen molar-refractivity contribution >= 4 is 23.0 Å². The van der Waals surface area contributed by atoms with Crippen LogP contribution in [-0.4, -0.2) is 99.7 Å². The third-order valence-corrected chi connectivity index (χ3v) is 9.85. The molecule has 3 aromatic rings. The number of hydrogen-bond acceptors (Lipinski definition) is 8. The third kappa shape index (κ3) is 8.25. The van der Waals surface area contributed by atoms with E-state index in [2.05, 4.69) is 30.0 Å². The first kappa shape index (κ1) is 37.6. The second-order valence-corrected chi connectivity index (χ2v) is 15.1. The maximum Gasteiger partial charge on any atom is 0.490 e. The minimum Gasteiger partial charge on any atom is -0.496 e. The molecule has 7 rings (SSSR count). The topological polar surface area (TPSA) is 116 Å². The lowest BCUT2D eigenvalue weighted by molar-refractivity contribution is -0.192. The smallest absolute Gasteiger partial charge is 0.490 e. The van der Waals surface area contributed by atoms with E-state index >= 15 is 4.39 Å². The highest BCUT2D eigenvalue weighted by Gasteiger charge is 2.48. The number of aliphatic carboxylic acids is 1. The van der Waals surface area contributed by atoms with Crippen molar-refractivity contribution in [1.82, 2.24) is 19.6 Å². The summed E-state index contributed by atoms with van der Waals surface area (Å²) < 4.78 is 73.0. The average molecular weight is 735 g/mol. The Morgan fingerprint density at radius 3 is 2.37 bits per heavy atom. The molecule has 1 unspecified atom stereocenters. The molecular formula is C37H46F4N4O7. The number of halogens is 4. The lowest BCUT2D eigenvalue weighted by Crippen LogP contribution is -2.57.